The highest BCUT2D eigenvalue weighted by Crippen LogP contribution is 2.13. The molecule has 0 bridgehead atoms. The maximum Gasteiger partial charge on any atom is 0.239 e. The lowest BCUT2D eigenvalue weighted by Gasteiger charge is -2.36. The van der Waals surface area contributed by atoms with Crippen LogP contribution in [0.4, 0.5) is 0 Å². The summed E-state index contributed by atoms with van der Waals surface area (Å²) in [5, 5.41) is 0. The van der Waals surface area contributed by atoms with Crippen LogP contribution < -0.4 is 5.73 Å². The number of rotatable bonds is 7. The van der Waals surface area contributed by atoms with Gasteiger partial charge in [-0.2, -0.15) is 0 Å². The molecule has 0 aromatic heterocycles. The number of hydrogen-bond acceptors (Lipinski definition) is 4. The molecule has 1 amide bonds. The van der Waals surface area contributed by atoms with Crippen molar-refractivity contribution in [2.24, 2.45) is 5.73 Å². The number of piperidine rings is 1. The van der Waals surface area contributed by atoms with Crippen molar-refractivity contribution in [3.8, 4) is 0 Å². The largest absolute Gasteiger partial charge is 0.343 e. The van der Waals surface area contributed by atoms with E-state index in [1.54, 1.807) is 4.90 Å². The van der Waals surface area contributed by atoms with Gasteiger partial charge in [0.15, 0.2) is 0 Å². The Labute approximate surface area is 124 Å². The summed E-state index contributed by atoms with van der Waals surface area (Å²) < 4.78 is 0. The molecule has 1 aliphatic rings. The van der Waals surface area contributed by atoms with Crippen LogP contribution in [0.1, 0.15) is 32.6 Å². The Kier molecular flexibility index (Phi) is 7.48. The van der Waals surface area contributed by atoms with Crippen LogP contribution in [0.3, 0.4) is 0 Å². The number of likely N-dealkylation sites (tertiary alicyclic amines) is 1. The van der Waals surface area contributed by atoms with Gasteiger partial charge in [-0.25, -0.2) is 0 Å². The van der Waals surface area contributed by atoms with Crippen molar-refractivity contribution in [2.45, 2.75) is 44.7 Å². The average Bonchev–Trinajstić information content (AvgIpc) is 2.44. The summed E-state index contributed by atoms with van der Waals surface area (Å²) in [5.41, 5.74) is 5.88. The maximum atomic E-state index is 12.0. The van der Waals surface area contributed by atoms with Gasteiger partial charge >= 0.3 is 0 Å². The van der Waals surface area contributed by atoms with Crippen LogP contribution in [0.2, 0.25) is 0 Å². The van der Waals surface area contributed by atoms with Crippen LogP contribution in [0, 0.1) is 0 Å². The van der Waals surface area contributed by atoms with Gasteiger partial charge in [0.25, 0.3) is 0 Å². The van der Waals surface area contributed by atoms with Crippen LogP contribution in [-0.4, -0.2) is 80.0 Å². The molecule has 0 spiro atoms. The Bertz CT molecular complexity index is 290. The second kappa shape index (κ2) is 8.60. The number of carbonyl (C=O) groups is 1. The van der Waals surface area contributed by atoms with Crippen molar-refractivity contribution in [2.75, 3.05) is 47.3 Å². The van der Waals surface area contributed by atoms with E-state index in [4.69, 9.17) is 5.73 Å². The lowest BCUT2D eigenvalue weighted by molar-refractivity contribution is -0.131. The molecule has 20 heavy (non-hydrogen) atoms. The molecule has 0 unspecified atom stereocenters. The fourth-order valence-corrected chi connectivity index (χ4v) is 2.75. The number of amides is 1. The van der Waals surface area contributed by atoms with Crippen molar-refractivity contribution < 1.29 is 4.79 Å². The smallest absolute Gasteiger partial charge is 0.239 e. The molecule has 0 aromatic rings. The van der Waals surface area contributed by atoms with Gasteiger partial charge in [0.1, 0.15) is 0 Å². The minimum absolute atomic E-state index is 0.0728. The van der Waals surface area contributed by atoms with E-state index in [2.05, 4.69) is 30.8 Å². The van der Waals surface area contributed by atoms with E-state index < -0.39 is 0 Å². The Morgan fingerprint density at radius 2 is 1.90 bits per heavy atom. The molecule has 5 heteroatoms. The zero-order valence-corrected chi connectivity index (χ0v) is 13.6. The first-order chi connectivity index (χ1) is 9.45. The van der Waals surface area contributed by atoms with E-state index in [9.17, 15) is 4.79 Å². The Hall–Kier alpha value is -0.650. The molecule has 1 fully saturated rings. The highest BCUT2D eigenvalue weighted by molar-refractivity contribution is 5.81. The molecule has 0 radical (unpaired) electrons. The van der Waals surface area contributed by atoms with Gasteiger partial charge in [0, 0.05) is 26.2 Å². The molecular weight excluding hydrogens is 252 g/mol. The van der Waals surface area contributed by atoms with Crippen molar-refractivity contribution in [1.82, 2.24) is 14.7 Å². The topological polar surface area (TPSA) is 52.8 Å². The van der Waals surface area contributed by atoms with Gasteiger partial charge in [-0.05, 0) is 46.4 Å². The van der Waals surface area contributed by atoms with Crippen molar-refractivity contribution in [3.05, 3.63) is 0 Å². The molecule has 0 saturated carbocycles. The summed E-state index contributed by atoms with van der Waals surface area (Å²) in [5.74, 6) is 0.0728. The molecular formula is C15H32N4O. The van der Waals surface area contributed by atoms with Gasteiger partial charge in [-0.15, -0.1) is 0 Å². The third-order valence-corrected chi connectivity index (χ3v) is 4.39. The van der Waals surface area contributed by atoms with Gasteiger partial charge in [-0.3, -0.25) is 4.79 Å². The summed E-state index contributed by atoms with van der Waals surface area (Å²) >= 11 is 0. The van der Waals surface area contributed by atoms with Crippen LogP contribution in [0.5, 0.6) is 0 Å². The molecule has 1 aliphatic heterocycles. The molecule has 0 aromatic carbocycles. The predicted octanol–water partition coefficient (Wildman–Crippen LogP) is 0.598. The van der Waals surface area contributed by atoms with E-state index >= 15 is 0 Å². The number of hydrogen-bond donors (Lipinski definition) is 1. The second-order valence-corrected chi connectivity index (χ2v) is 6.17. The number of carbonyl (C=O) groups excluding carboxylic acids is 1. The van der Waals surface area contributed by atoms with E-state index in [0.29, 0.717) is 6.04 Å². The zero-order chi connectivity index (χ0) is 15.1. The van der Waals surface area contributed by atoms with Crippen molar-refractivity contribution in [1.29, 1.82) is 0 Å². The highest BCUT2D eigenvalue weighted by Gasteiger charge is 2.22. The molecule has 1 heterocycles. The normalized spacial score (nSPS) is 19.3. The van der Waals surface area contributed by atoms with Crippen LogP contribution >= 0.6 is 0 Å². The van der Waals surface area contributed by atoms with Crippen molar-refractivity contribution >= 4 is 5.91 Å². The first-order valence-corrected chi connectivity index (χ1v) is 7.85. The maximum absolute atomic E-state index is 12.0. The third-order valence-electron chi connectivity index (χ3n) is 4.39. The Morgan fingerprint density at radius 1 is 1.30 bits per heavy atom. The van der Waals surface area contributed by atoms with Crippen LogP contribution in [0.25, 0.3) is 0 Å². The third kappa shape index (κ3) is 5.38. The van der Waals surface area contributed by atoms with Gasteiger partial charge in [0.2, 0.25) is 5.91 Å². The van der Waals surface area contributed by atoms with Gasteiger partial charge in [0.05, 0.1) is 6.04 Å². The standard InChI is InChI=1S/C15H32N4O/c1-5-6-14(16)15(20)19(4)12-11-18(3)13-7-9-17(2)10-8-13/h13-14H,5-12,16H2,1-4H3/t14-/m1/s1. The fourth-order valence-electron chi connectivity index (χ4n) is 2.75. The molecule has 0 aliphatic carbocycles. The van der Waals surface area contributed by atoms with E-state index in [1.165, 1.54) is 25.9 Å². The van der Waals surface area contributed by atoms with Crippen molar-refractivity contribution in [3.63, 3.8) is 0 Å². The lowest BCUT2D eigenvalue weighted by Crippen LogP contribution is -2.47. The predicted molar refractivity (Wildman–Crippen MR) is 83.7 cm³/mol. The SMILES string of the molecule is CCC[C@@H](N)C(=O)N(C)CCN(C)C1CCN(C)CC1. The fraction of sp³-hybridized carbons (Fsp3) is 0.933. The lowest BCUT2D eigenvalue weighted by atomic mass is 10.0. The monoisotopic (exact) mass is 284 g/mol. The Morgan fingerprint density at radius 3 is 2.45 bits per heavy atom. The summed E-state index contributed by atoms with van der Waals surface area (Å²) in [6, 6.07) is 0.317. The molecule has 1 rings (SSSR count). The number of likely N-dealkylation sites (N-methyl/N-ethyl adjacent to an activating group) is 2. The summed E-state index contributed by atoms with van der Waals surface area (Å²) in [6.45, 7) is 6.09. The van der Waals surface area contributed by atoms with Gasteiger partial charge in [-0.1, -0.05) is 13.3 Å². The molecule has 1 atom stereocenters. The molecule has 5 nitrogen and oxygen atoms in total. The van der Waals surface area contributed by atoms with Crippen LogP contribution in [0.15, 0.2) is 0 Å². The summed E-state index contributed by atoms with van der Waals surface area (Å²) in [6.07, 6.45) is 4.17. The first kappa shape index (κ1) is 17.4. The molecule has 2 N–H and O–H groups in total. The quantitative estimate of drug-likeness (QED) is 0.744. The average molecular weight is 284 g/mol. The number of nitrogens with zero attached hydrogens (tertiary/aromatic N) is 3. The first-order valence-electron chi connectivity index (χ1n) is 7.85. The Balaban J connectivity index is 2.29. The highest BCUT2D eigenvalue weighted by atomic mass is 16.2. The van der Waals surface area contributed by atoms with Crippen LogP contribution in [-0.2, 0) is 4.79 Å². The van der Waals surface area contributed by atoms with E-state index in [0.717, 1.165) is 25.9 Å². The number of nitrogens with two attached hydrogens (primary N) is 1. The van der Waals surface area contributed by atoms with Gasteiger partial charge < -0.3 is 20.4 Å². The second-order valence-electron chi connectivity index (χ2n) is 6.17. The zero-order valence-electron chi connectivity index (χ0n) is 13.6. The van der Waals surface area contributed by atoms with E-state index in [-0.39, 0.29) is 11.9 Å². The molecule has 1 saturated heterocycles. The summed E-state index contributed by atoms with van der Waals surface area (Å²) in [4.78, 5) is 18.6. The van der Waals surface area contributed by atoms with E-state index in [1.807, 2.05) is 7.05 Å². The summed E-state index contributed by atoms with van der Waals surface area (Å²) in [7, 11) is 6.21. The minimum Gasteiger partial charge on any atom is -0.343 e. The molecule has 118 valence electrons. The minimum atomic E-state index is -0.335.